The number of nitrogens with zero attached hydrogens (tertiary/aromatic N) is 1. The number of fused-ring (bicyclic) bond motifs is 1. The number of carbonyl (C=O) groups is 1. The molecular formula is C25H26Cl2N2O4S. The summed E-state index contributed by atoms with van der Waals surface area (Å²) in [4.78, 5) is 12.7. The fourth-order valence-electron chi connectivity index (χ4n) is 4.09. The zero-order valence-corrected chi connectivity index (χ0v) is 20.9. The van der Waals surface area contributed by atoms with Crippen molar-refractivity contribution in [3.05, 3.63) is 76.3 Å². The van der Waals surface area contributed by atoms with Crippen LogP contribution in [0.1, 0.15) is 18.4 Å². The number of piperidine rings is 1. The average Bonchev–Trinajstić information content (AvgIpc) is 2.84. The smallest absolute Gasteiger partial charge is 0.224 e. The molecule has 0 radical (unpaired) electrons. The van der Waals surface area contributed by atoms with Crippen LogP contribution in [-0.4, -0.2) is 44.9 Å². The zero-order chi connectivity index (χ0) is 24.1. The number of hydrogen-bond acceptors (Lipinski definition) is 4. The summed E-state index contributed by atoms with van der Waals surface area (Å²) in [5, 5.41) is 5.80. The van der Waals surface area contributed by atoms with Crippen molar-refractivity contribution in [1.82, 2.24) is 9.62 Å². The molecule has 3 aromatic carbocycles. The van der Waals surface area contributed by atoms with Crippen molar-refractivity contribution >= 4 is 49.9 Å². The van der Waals surface area contributed by atoms with E-state index in [4.69, 9.17) is 27.9 Å². The minimum atomic E-state index is -3.58. The lowest BCUT2D eigenvalue weighted by molar-refractivity contribution is -0.126. The number of halogens is 2. The molecule has 180 valence electrons. The maximum atomic E-state index is 12.9. The monoisotopic (exact) mass is 520 g/mol. The first-order valence-electron chi connectivity index (χ1n) is 11.1. The number of rotatable bonds is 8. The molecule has 6 nitrogen and oxygen atoms in total. The second kappa shape index (κ2) is 11.0. The van der Waals surface area contributed by atoms with Crippen LogP contribution >= 0.6 is 23.2 Å². The van der Waals surface area contributed by atoms with Crippen LogP contribution in [-0.2, 0) is 20.6 Å². The first kappa shape index (κ1) is 24.8. The molecule has 1 atom stereocenters. The molecule has 9 heteroatoms. The van der Waals surface area contributed by atoms with Crippen molar-refractivity contribution in [3.63, 3.8) is 0 Å². The van der Waals surface area contributed by atoms with Gasteiger partial charge in [0.25, 0.3) is 0 Å². The lowest BCUT2D eigenvalue weighted by Crippen LogP contribution is -2.46. The summed E-state index contributed by atoms with van der Waals surface area (Å²) in [6.45, 7) is 1.24. The van der Waals surface area contributed by atoms with E-state index in [0.29, 0.717) is 48.1 Å². The van der Waals surface area contributed by atoms with E-state index in [1.807, 2.05) is 42.5 Å². The molecule has 0 aliphatic carbocycles. The van der Waals surface area contributed by atoms with Gasteiger partial charge in [-0.3, -0.25) is 4.79 Å². The second-order valence-corrected chi connectivity index (χ2v) is 11.1. The third-order valence-electron chi connectivity index (χ3n) is 5.87. The van der Waals surface area contributed by atoms with Crippen molar-refractivity contribution in [3.8, 4) is 5.75 Å². The van der Waals surface area contributed by atoms with Gasteiger partial charge >= 0.3 is 0 Å². The quantitative estimate of drug-likeness (QED) is 0.429. The van der Waals surface area contributed by atoms with Crippen molar-refractivity contribution < 1.29 is 17.9 Å². The Morgan fingerprint density at radius 2 is 1.82 bits per heavy atom. The predicted octanol–water partition coefficient (Wildman–Crippen LogP) is 4.88. The van der Waals surface area contributed by atoms with Crippen LogP contribution in [0.15, 0.2) is 60.7 Å². The van der Waals surface area contributed by atoms with E-state index < -0.39 is 15.9 Å². The largest absolute Gasteiger partial charge is 0.492 e. The van der Waals surface area contributed by atoms with Gasteiger partial charge in [-0.15, -0.1) is 0 Å². The van der Waals surface area contributed by atoms with Crippen molar-refractivity contribution in [2.45, 2.75) is 18.6 Å². The predicted molar refractivity (Wildman–Crippen MR) is 136 cm³/mol. The Bertz CT molecular complexity index is 1280. The average molecular weight is 521 g/mol. The molecule has 0 bridgehead atoms. The van der Waals surface area contributed by atoms with E-state index in [1.54, 1.807) is 18.2 Å². The molecule has 1 fully saturated rings. The molecule has 1 saturated heterocycles. The first-order chi connectivity index (χ1) is 16.3. The summed E-state index contributed by atoms with van der Waals surface area (Å²) in [5.74, 6) is 0.0115. The van der Waals surface area contributed by atoms with Gasteiger partial charge in [0, 0.05) is 13.1 Å². The number of sulfonamides is 1. The topological polar surface area (TPSA) is 75.7 Å². The number of amides is 1. The van der Waals surface area contributed by atoms with Crippen LogP contribution in [0, 0.1) is 5.92 Å². The molecule has 34 heavy (non-hydrogen) atoms. The Kier molecular flexibility index (Phi) is 7.99. The molecule has 1 heterocycles. The van der Waals surface area contributed by atoms with E-state index in [9.17, 15) is 13.2 Å². The number of carbonyl (C=O) groups excluding carboxylic acids is 1. The summed E-state index contributed by atoms with van der Waals surface area (Å²) < 4.78 is 33.0. The van der Waals surface area contributed by atoms with Crippen molar-refractivity contribution in [1.29, 1.82) is 0 Å². The molecule has 4 rings (SSSR count). The molecule has 0 spiro atoms. The van der Waals surface area contributed by atoms with E-state index >= 15 is 0 Å². The summed E-state index contributed by atoms with van der Waals surface area (Å²) >= 11 is 11.9. The Hall–Kier alpha value is -2.32. The molecule has 1 amide bonds. The van der Waals surface area contributed by atoms with Crippen molar-refractivity contribution in [2.24, 2.45) is 5.92 Å². The van der Waals surface area contributed by atoms with Crippen LogP contribution in [0.3, 0.4) is 0 Å². The van der Waals surface area contributed by atoms with Gasteiger partial charge in [-0.25, -0.2) is 12.7 Å². The number of nitrogens with one attached hydrogen (secondary N) is 1. The highest BCUT2D eigenvalue weighted by molar-refractivity contribution is 7.88. The van der Waals surface area contributed by atoms with Gasteiger partial charge in [0.15, 0.2) is 0 Å². The van der Waals surface area contributed by atoms with Gasteiger partial charge in [-0.2, -0.15) is 0 Å². The summed E-state index contributed by atoms with van der Waals surface area (Å²) in [6, 6.07) is 18.7. The van der Waals surface area contributed by atoms with E-state index in [2.05, 4.69) is 5.32 Å². The molecule has 0 aromatic heterocycles. The van der Waals surface area contributed by atoms with Crippen molar-refractivity contribution in [2.75, 3.05) is 26.2 Å². The molecular weight excluding hydrogens is 495 g/mol. The van der Waals surface area contributed by atoms with Crippen LogP contribution in [0.25, 0.3) is 10.8 Å². The summed E-state index contributed by atoms with van der Waals surface area (Å²) in [6.07, 6.45) is 1.28. The number of benzene rings is 3. The molecule has 1 aliphatic heterocycles. The first-order valence-corrected chi connectivity index (χ1v) is 13.5. The van der Waals surface area contributed by atoms with Gasteiger partial charge in [0.05, 0.1) is 28.3 Å². The molecule has 1 unspecified atom stereocenters. The van der Waals surface area contributed by atoms with Gasteiger partial charge in [-0.05, 0) is 53.4 Å². The van der Waals surface area contributed by atoms with Gasteiger partial charge in [0.2, 0.25) is 15.9 Å². The van der Waals surface area contributed by atoms with Crippen LogP contribution < -0.4 is 10.1 Å². The van der Waals surface area contributed by atoms with E-state index in [-0.39, 0.29) is 18.2 Å². The Morgan fingerprint density at radius 3 is 2.62 bits per heavy atom. The molecule has 0 saturated carbocycles. The van der Waals surface area contributed by atoms with Crippen LogP contribution in [0.2, 0.25) is 10.0 Å². The SMILES string of the molecule is O=C(NCCOc1ccc2ccccc2c1)C1CCCN(S(=O)(=O)Cc2ccc(Cl)c(Cl)c2)C1. The Balaban J connectivity index is 1.27. The lowest BCUT2D eigenvalue weighted by Gasteiger charge is -2.31. The normalized spacial score (nSPS) is 16.9. The zero-order valence-electron chi connectivity index (χ0n) is 18.5. The van der Waals surface area contributed by atoms with Gasteiger partial charge in [0.1, 0.15) is 12.4 Å². The third-order valence-corrected chi connectivity index (χ3v) is 8.43. The maximum absolute atomic E-state index is 12.9. The molecule has 3 aromatic rings. The number of ether oxygens (including phenoxy) is 1. The van der Waals surface area contributed by atoms with Crippen LogP contribution in [0.4, 0.5) is 0 Å². The fourth-order valence-corrected chi connectivity index (χ4v) is 6.00. The minimum Gasteiger partial charge on any atom is -0.492 e. The van der Waals surface area contributed by atoms with Gasteiger partial charge < -0.3 is 10.1 Å². The second-order valence-electron chi connectivity index (χ2n) is 8.35. The highest BCUT2D eigenvalue weighted by atomic mass is 35.5. The third kappa shape index (κ3) is 6.21. The maximum Gasteiger partial charge on any atom is 0.224 e. The van der Waals surface area contributed by atoms with E-state index in [1.165, 1.54) is 4.31 Å². The molecule has 1 aliphatic rings. The summed E-state index contributed by atoms with van der Waals surface area (Å²) in [5.41, 5.74) is 0.562. The number of hydrogen-bond donors (Lipinski definition) is 1. The summed E-state index contributed by atoms with van der Waals surface area (Å²) in [7, 11) is -3.58. The minimum absolute atomic E-state index is 0.156. The van der Waals surface area contributed by atoms with E-state index in [0.717, 1.165) is 16.5 Å². The van der Waals surface area contributed by atoms with Gasteiger partial charge in [-0.1, -0.05) is 59.6 Å². The fraction of sp³-hybridized carbons (Fsp3) is 0.320. The standard InChI is InChI=1S/C25H26Cl2N2O4S/c26-23-10-7-18(14-24(23)27)17-34(31,32)29-12-3-6-21(16-29)25(30)28-11-13-33-22-9-8-19-4-1-2-5-20(19)15-22/h1-2,4-5,7-10,14-15,21H,3,6,11-13,16-17H2,(H,28,30). The molecule has 1 N–H and O–H groups in total. The lowest BCUT2D eigenvalue weighted by atomic mass is 9.99. The van der Waals surface area contributed by atoms with Crippen LogP contribution in [0.5, 0.6) is 5.75 Å². The Labute approximate surface area is 209 Å². The highest BCUT2D eigenvalue weighted by Gasteiger charge is 2.32. The Morgan fingerprint density at radius 1 is 1.03 bits per heavy atom. The highest BCUT2D eigenvalue weighted by Crippen LogP contribution is 2.26.